The van der Waals surface area contributed by atoms with Crippen LogP contribution in [0.1, 0.15) is 37.8 Å². The van der Waals surface area contributed by atoms with Crippen LogP contribution >= 0.6 is 11.8 Å². The zero-order valence-electron chi connectivity index (χ0n) is 19.0. The number of amides is 2. The number of unbranched alkanes of at least 4 members (excludes halogenated alkanes) is 1. The third kappa shape index (κ3) is 6.84. The second-order valence-electron chi connectivity index (χ2n) is 7.40. The molecule has 2 aromatic carbocycles. The molecule has 1 saturated heterocycles. The predicted octanol–water partition coefficient (Wildman–Crippen LogP) is 5.18. The summed E-state index contributed by atoms with van der Waals surface area (Å²) in [4.78, 5) is 37.9. The Balaban J connectivity index is 1.70. The average molecular weight is 488 g/mol. The highest BCUT2D eigenvalue weighted by Crippen LogP contribution is 2.35. The maximum atomic E-state index is 13.1. The topological polar surface area (TPSA) is 82.1 Å². The number of halogens is 1. The largest absolute Gasteiger partial charge is 0.490 e. The fourth-order valence-corrected chi connectivity index (χ4v) is 3.87. The number of ether oxygens (including phenoxy) is 3. The Morgan fingerprint density at radius 2 is 1.82 bits per heavy atom. The van der Waals surface area contributed by atoms with Gasteiger partial charge in [0.15, 0.2) is 11.5 Å². The fraction of sp³-hybridized carbons (Fsp3) is 0.320. The van der Waals surface area contributed by atoms with Crippen molar-refractivity contribution in [1.82, 2.24) is 4.90 Å². The van der Waals surface area contributed by atoms with Gasteiger partial charge in [-0.2, -0.15) is 0 Å². The molecule has 1 fully saturated rings. The zero-order chi connectivity index (χ0) is 24.5. The highest BCUT2D eigenvalue weighted by molar-refractivity contribution is 8.18. The van der Waals surface area contributed by atoms with Crippen LogP contribution in [-0.2, 0) is 20.9 Å². The van der Waals surface area contributed by atoms with Crippen LogP contribution in [0.3, 0.4) is 0 Å². The van der Waals surface area contributed by atoms with E-state index in [1.807, 2.05) is 13.8 Å². The van der Waals surface area contributed by atoms with Crippen molar-refractivity contribution in [3.63, 3.8) is 0 Å². The van der Waals surface area contributed by atoms with Gasteiger partial charge in [-0.3, -0.25) is 19.3 Å². The third-order valence-corrected chi connectivity index (χ3v) is 5.70. The summed E-state index contributed by atoms with van der Waals surface area (Å²) in [5, 5.41) is -0.520. The minimum Gasteiger partial charge on any atom is -0.490 e. The van der Waals surface area contributed by atoms with Crippen LogP contribution in [0.25, 0.3) is 6.08 Å². The van der Waals surface area contributed by atoms with Crippen molar-refractivity contribution in [3.05, 3.63) is 64.3 Å². The standard InChI is InChI=1S/C25H26FNO6S/c1-3-5-12-32-23(28)15-27-24(29)22(34-25(27)30)14-18-8-11-20(21(13-18)31-4-2)33-16-17-6-9-19(26)10-7-17/h6-11,13-14H,3-5,12,15-16H2,1-2H3/b22-14-. The number of carbonyl (C=O) groups excluding carboxylic acids is 3. The smallest absolute Gasteiger partial charge is 0.326 e. The lowest BCUT2D eigenvalue weighted by Crippen LogP contribution is -2.34. The van der Waals surface area contributed by atoms with Crippen LogP contribution in [0.2, 0.25) is 0 Å². The summed E-state index contributed by atoms with van der Waals surface area (Å²) in [5.41, 5.74) is 1.43. The molecule has 1 aliphatic rings. The van der Waals surface area contributed by atoms with Crippen molar-refractivity contribution in [2.45, 2.75) is 33.3 Å². The Labute approximate surface area is 201 Å². The maximum absolute atomic E-state index is 13.1. The number of imide groups is 1. The van der Waals surface area contributed by atoms with Gasteiger partial charge < -0.3 is 14.2 Å². The second kappa shape index (κ2) is 12.2. The van der Waals surface area contributed by atoms with Gasteiger partial charge in [0.2, 0.25) is 0 Å². The number of esters is 1. The van der Waals surface area contributed by atoms with Crippen LogP contribution < -0.4 is 9.47 Å². The van der Waals surface area contributed by atoms with E-state index in [0.717, 1.165) is 35.1 Å². The van der Waals surface area contributed by atoms with E-state index in [0.29, 0.717) is 23.7 Å². The number of rotatable bonds is 11. The van der Waals surface area contributed by atoms with Gasteiger partial charge in [-0.05, 0) is 66.6 Å². The van der Waals surface area contributed by atoms with Crippen molar-refractivity contribution in [2.24, 2.45) is 0 Å². The number of carbonyl (C=O) groups is 3. The van der Waals surface area contributed by atoms with Crippen molar-refractivity contribution in [2.75, 3.05) is 19.8 Å². The number of thioether (sulfide) groups is 1. The molecule has 0 atom stereocenters. The van der Waals surface area contributed by atoms with E-state index in [-0.39, 0.29) is 23.9 Å². The molecule has 0 aliphatic carbocycles. The summed E-state index contributed by atoms with van der Waals surface area (Å²) in [7, 11) is 0. The van der Waals surface area contributed by atoms with Gasteiger partial charge in [0.05, 0.1) is 18.1 Å². The van der Waals surface area contributed by atoms with Gasteiger partial charge in [0.25, 0.3) is 11.1 Å². The number of hydrogen-bond donors (Lipinski definition) is 0. The molecule has 0 saturated carbocycles. The summed E-state index contributed by atoms with van der Waals surface area (Å²) in [5.74, 6) is -0.514. The van der Waals surface area contributed by atoms with Crippen molar-refractivity contribution < 1.29 is 33.0 Å². The Morgan fingerprint density at radius 3 is 2.53 bits per heavy atom. The molecular formula is C25H26FNO6S. The molecule has 1 aliphatic heterocycles. The fourth-order valence-electron chi connectivity index (χ4n) is 3.04. The monoisotopic (exact) mass is 487 g/mol. The van der Waals surface area contributed by atoms with Crippen molar-refractivity contribution >= 4 is 35.0 Å². The lowest BCUT2D eigenvalue weighted by Gasteiger charge is -2.13. The summed E-state index contributed by atoms with van der Waals surface area (Å²) >= 11 is 0.767. The average Bonchev–Trinajstić information content (AvgIpc) is 3.07. The summed E-state index contributed by atoms with van der Waals surface area (Å²) < 4.78 is 29.6. The molecule has 0 aromatic heterocycles. The first-order chi connectivity index (χ1) is 16.4. The van der Waals surface area contributed by atoms with Crippen LogP contribution in [0.5, 0.6) is 11.5 Å². The van der Waals surface area contributed by atoms with E-state index >= 15 is 0 Å². The highest BCUT2D eigenvalue weighted by Gasteiger charge is 2.36. The van der Waals surface area contributed by atoms with Crippen LogP contribution in [-0.4, -0.2) is 41.8 Å². The van der Waals surface area contributed by atoms with Crippen LogP contribution in [0, 0.1) is 5.82 Å². The number of hydrogen-bond acceptors (Lipinski definition) is 7. The summed E-state index contributed by atoms with van der Waals surface area (Å²) in [6.07, 6.45) is 3.16. The van der Waals surface area contributed by atoms with Crippen molar-refractivity contribution in [1.29, 1.82) is 0 Å². The number of benzene rings is 2. The van der Waals surface area contributed by atoms with E-state index in [9.17, 15) is 18.8 Å². The van der Waals surface area contributed by atoms with Crippen LogP contribution in [0.4, 0.5) is 9.18 Å². The van der Waals surface area contributed by atoms with Crippen molar-refractivity contribution in [3.8, 4) is 11.5 Å². The van der Waals surface area contributed by atoms with Gasteiger partial charge in [-0.25, -0.2) is 4.39 Å². The van der Waals surface area contributed by atoms with Gasteiger partial charge in [-0.1, -0.05) is 31.5 Å². The minimum atomic E-state index is -0.613. The predicted molar refractivity (Wildman–Crippen MR) is 127 cm³/mol. The van der Waals surface area contributed by atoms with E-state index in [4.69, 9.17) is 14.2 Å². The minimum absolute atomic E-state index is 0.203. The number of nitrogens with zero attached hydrogens (tertiary/aromatic N) is 1. The highest BCUT2D eigenvalue weighted by atomic mass is 32.2. The lowest BCUT2D eigenvalue weighted by atomic mass is 10.1. The van der Waals surface area contributed by atoms with Gasteiger partial charge in [-0.15, -0.1) is 0 Å². The molecule has 1 heterocycles. The molecule has 0 unspecified atom stereocenters. The molecule has 9 heteroatoms. The van der Waals surface area contributed by atoms with E-state index in [2.05, 4.69) is 0 Å². The molecule has 0 radical (unpaired) electrons. The Hall–Kier alpha value is -3.33. The molecular weight excluding hydrogens is 461 g/mol. The summed E-state index contributed by atoms with van der Waals surface area (Å²) in [6.45, 7) is 4.28. The van der Waals surface area contributed by atoms with Gasteiger partial charge in [0.1, 0.15) is 19.0 Å². The molecule has 2 amide bonds. The molecule has 34 heavy (non-hydrogen) atoms. The second-order valence-corrected chi connectivity index (χ2v) is 8.39. The Bertz CT molecular complexity index is 1070. The van der Waals surface area contributed by atoms with E-state index in [1.165, 1.54) is 12.1 Å². The zero-order valence-corrected chi connectivity index (χ0v) is 19.9. The Morgan fingerprint density at radius 1 is 1.06 bits per heavy atom. The third-order valence-electron chi connectivity index (χ3n) is 4.79. The summed E-state index contributed by atoms with van der Waals surface area (Å²) in [6, 6.07) is 11.1. The normalized spacial score (nSPS) is 14.6. The lowest BCUT2D eigenvalue weighted by molar-refractivity contribution is -0.146. The molecule has 2 aromatic rings. The maximum Gasteiger partial charge on any atom is 0.326 e. The molecule has 180 valence electrons. The van der Waals surface area contributed by atoms with Gasteiger partial charge >= 0.3 is 5.97 Å². The first-order valence-corrected chi connectivity index (χ1v) is 11.8. The first-order valence-electron chi connectivity index (χ1n) is 11.0. The van der Waals surface area contributed by atoms with Crippen LogP contribution in [0.15, 0.2) is 47.4 Å². The molecule has 0 spiro atoms. The SMILES string of the molecule is CCCCOC(=O)CN1C(=O)S/C(=C\c2ccc(OCc3ccc(F)cc3)c(OCC)c2)C1=O. The Kier molecular flexibility index (Phi) is 9.09. The van der Waals surface area contributed by atoms with Gasteiger partial charge in [0, 0.05) is 0 Å². The quantitative estimate of drug-likeness (QED) is 0.245. The molecule has 0 N–H and O–H groups in total. The molecule has 3 rings (SSSR count). The molecule has 0 bridgehead atoms. The molecule has 7 nitrogen and oxygen atoms in total. The van der Waals surface area contributed by atoms with E-state index < -0.39 is 23.7 Å². The first kappa shape index (κ1) is 25.3. The van der Waals surface area contributed by atoms with E-state index in [1.54, 1.807) is 36.4 Å².